The molecular formula is C23H29N5O5. The van der Waals surface area contributed by atoms with Crippen molar-refractivity contribution in [2.24, 2.45) is 5.73 Å². The summed E-state index contributed by atoms with van der Waals surface area (Å²) in [6.45, 7) is 5.04. The molecule has 176 valence electrons. The molecule has 2 aromatic rings. The number of hydrogen-bond acceptors (Lipinski definition) is 6. The number of nitrogens with two attached hydrogens (primary N) is 1. The smallest absolute Gasteiger partial charge is 0.270 e. The van der Waals surface area contributed by atoms with E-state index in [1.54, 1.807) is 25.2 Å². The van der Waals surface area contributed by atoms with E-state index in [4.69, 9.17) is 22.0 Å². The molecule has 0 aliphatic carbocycles. The SMILES string of the molecule is C#Cc1ccc2c(c1)-n1nc(C(N)=O)c(C(=O)NC)c1CCO2.CC.CN1CCC(O)C1=O. The fraction of sp³-hybridized carbons (Fsp3) is 0.391. The monoisotopic (exact) mass is 455 g/mol. The van der Waals surface area contributed by atoms with Gasteiger partial charge in [-0.25, -0.2) is 4.68 Å². The molecule has 1 aromatic heterocycles. The summed E-state index contributed by atoms with van der Waals surface area (Å²) >= 11 is 0. The Balaban J connectivity index is 0.000000323. The van der Waals surface area contributed by atoms with Gasteiger partial charge in [-0.05, 0) is 24.6 Å². The Labute approximate surface area is 192 Å². The largest absolute Gasteiger partial charge is 0.491 e. The predicted octanol–water partition coefficient (Wildman–Crippen LogP) is 0.483. The van der Waals surface area contributed by atoms with Crippen LogP contribution in [0.1, 0.15) is 52.4 Å². The van der Waals surface area contributed by atoms with Gasteiger partial charge in [-0.1, -0.05) is 19.8 Å². The Morgan fingerprint density at radius 3 is 2.55 bits per heavy atom. The molecular weight excluding hydrogens is 426 g/mol. The van der Waals surface area contributed by atoms with E-state index in [2.05, 4.69) is 16.3 Å². The van der Waals surface area contributed by atoms with Gasteiger partial charge in [0, 0.05) is 32.6 Å². The number of terminal acetylenes is 1. The zero-order valence-electron chi connectivity index (χ0n) is 19.2. The molecule has 2 aliphatic heterocycles. The van der Waals surface area contributed by atoms with Crippen LogP contribution in [0.3, 0.4) is 0 Å². The van der Waals surface area contributed by atoms with E-state index >= 15 is 0 Å². The third-order valence-corrected chi connectivity index (χ3v) is 5.02. The first-order valence-corrected chi connectivity index (χ1v) is 10.6. The highest BCUT2D eigenvalue weighted by atomic mass is 16.5. The summed E-state index contributed by atoms with van der Waals surface area (Å²) in [4.78, 5) is 36.0. The average Bonchev–Trinajstić information content (AvgIpc) is 3.29. The lowest BCUT2D eigenvalue weighted by Gasteiger charge is -2.08. The number of amides is 3. The first kappa shape index (κ1) is 25.4. The third kappa shape index (κ3) is 5.32. The number of hydrogen-bond donors (Lipinski definition) is 3. The highest BCUT2D eigenvalue weighted by Gasteiger charge is 2.29. The molecule has 4 rings (SSSR count). The van der Waals surface area contributed by atoms with Crippen LogP contribution in [-0.2, 0) is 11.2 Å². The molecule has 3 heterocycles. The van der Waals surface area contributed by atoms with Crippen molar-refractivity contribution in [1.82, 2.24) is 20.0 Å². The number of primary amides is 1. The summed E-state index contributed by atoms with van der Waals surface area (Å²) in [6, 6.07) is 5.21. The minimum atomic E-state index is -0.764. The minimum Gasteiger partial charge on any atom is -0.491 e. The van der Waals surface area contributed by atoms with E-state index in [0.717, 1.165) is 0 Å². The number of likely N-dealkylation sites (tertiary alicyclic amines) is 1. The van der Waals surface area contributed by atoms with E-state index in [9.17, 15) is 14.4 Å². The summed E-state index contributed by atoms with van der Waals surface area (Å²) < 4.78 is 7.19. The van der Waals surface area contributed by atoms with Crippen molar-refractivity contribution < 1.29 is 24.2 Å². The van der Waals surface area contributed by atoms with Crippen molar-refractivity contribution in [1.29, 1.82) is 0 Å². The van der Waals surface area contributed by atoms with Crippen LogP contribution in [0.15, 0.2) is 18.2 Å². The lowest BCUT2D eigenvalue weighted by Crippen LogP contribution is -2.24. The van der Waals surface area contributed by atoms with E-state index < -0.39 is 17.9 Å². The van der Waals surface area contributed by atoms with E-state index in [-0.39, 0.29) is 17.2 Å². The highest BCUT2D eigenvalue weighted by molar-refractivity contribution is 6.06. The van der Waals surface area contributed by atoms with Crippen LogP contribution < -0.4 is 15.8 Å². The van der Waals surface area contributed by atoms with Gasteiger partial charge in [0.25, 0.3) is 17.7 Å². The van der Waals surface area contributed by atoms with Gasteiger partial charge in [0.15, 0.2) is 5.69 Å². The van der Waals surface area contributed by atoms with Gasteiger partial charge in [0.2, 0.25) is 0 Å². The van der Waals surface area contributed by atoms with Gasteiger partial charge in [-0.3, -0.25) is 14.4 Å². The maximum Gasteiger partial charge on any atom is 0.270 e. The molecule has 4 N–H and O–H groups in total. The van der Waals surface area contributed by atoms with E-state index in [0.29, 0.717) is 48.7 Å². The van der Waals surface area contributed by atoms with Crippen molar-refractivity contribution >= 4 is 17.7 Å². The molecule has 10 heteroatoms. The van der Waals surface area contributed by atoms with Gasteiger partial charge >= 0.3 is 0 Å². The molecule has 1 atom stereocenters. The zero-order valence-corrected chi connectivity index (χ0v) is 19.2. The number of nitrogens with one attached hydrogen (secondary N) is 1. The second-order valence-corrected chi connectivity index (χ2v) is 7.02. The van der Waals surface area contributed by atoms with Crippen LogP contribution in [0.4, 0.5) is 0 Å². The summed E-state index contributed by atoms with van der Waals surface area (Å²) in [6.07, 6.45) is 5.71. The molecule has 0 saturated carbocycles. The number of likely N-dealkylation sites (N-methyl/N-ethyl adjacent to an activating group) is 1. The lowest BCUT2D eigenvalue weighted by atomic mass is 10.1. The van der Waals surface area contributed by atoms with Crippen LogP contribution in [0.5, 0.6) is 5.75 Å². The molecule has 2 aliphatic rings. The van der Waals surface area contributed by atoms with E-state index in [1.165, 1.54) is 16.6 Å². The fourth-order valence-electron chi connectivity index (χ4n) is 3.38. The summed E-state index contributed by atoms with van der Waals surface area (Å²) in [5.74, 6) is 1.78. The summed E-state index contributed by atoms with van der Waals surface area (Å²) in [5, 5.41) is 15.5. The molecule has 0 radical (unpaired) electrons. The van der Waals surface area contributed by atoms with Crippen molar-refractivity contribution in [2.45, 2.75) is 32.8 Å². The zero-order chi connectivity index (χ0) is 24.7. The standard InChI is InChI=1S/C16H14N4O3.C5H9NO2.C2H6/c1-3-9-4-5-12-11(8-9)20-10(6-7-23-12)13(16(22)18-2)14(19-20)15(17)21;1-6-3-2-4(7)5(6)8;1-2/h1,4-5,8H,6-7H2,2H3,(H2,17,21)(H,18,22);4,7H,2-3H2,1H3;1-2H3. The fourth-order valence-corrected chi connectivity index (χ4v) is 3.38. The highest BCUT2D eigenvalue weighted by Crippen LogP contribution is 2.30. The number of benzene rings is 1. The quantitative estimate of drug-likeness (QED) is 0.563. The Morgan fingerprint density at radius 2 is 2.06 bits per heavy atom. The number of carbonyl (C=O) groups is 3. The van der Waals surface area contributed by atoms with Crippen molar-refractivity contribution in [3.8, 4) is 23.8 Å². The second-order valence-electron chi connectivity index (χ2n) is 7.02. The molecule has 0 bridgehead atoms. The number of aromatic nitrogens is 2. The number of aliphatic hydroxyl groups is 1. The van der Waals surface area contributed by atoms with Crippen LogP contribution >= 0.6 is 0 Å². The number of ether oxygens (including phenoxy) is 1. The molecule has 1 fully saturated rings. The Hall–Kier alpha value is -3.84. The van der Waals surface area contributed by atoms with Crippen LogP contribution in [0, 0.1) is 12.3 Å². The Bertz CT molecular complexity index is 1070. The molecule has 1 saturated heterocycles. The number of nitrogens with zero attached hydrogens (tertiary/aromatic N) is 3. The van der Waals surface area contributed by atoms with Crippen LogP contribution in [0.2, 0.25) is 0 Å². The number of carbonyl (C=O) groups excluding carboxylic acids is 3. The maximum atomic E-state index is 12.2. The number of rotatable bonds is 2. The second kappa shape index (κ2) is 11.2. The maximum absolute atomic E-state index is 12.2. The third-order valence-electron chi connectivity index (χ3n) is 5.02. The van der Waals surface area contributed by atoms with Gasteiger partial charge in [0.05, 0.1) is 17.9 Å². The molecule has 1 aromatic carbocycles. The van der Waals surface area contributed by atoms with Crippen molar-refractivity contribution in [2.75, 3.05) is 27.2 Å². The van der Waals surface area contributed by atoms with Gasteiger partial charge in [0.1, 0.15) is 17.5 Å². The van der Waals surface area contributed by atoms with Gasteiger partial charge < -0.3 is 25.8 Å². The predicted molar refractivity (Wildman–Crippen MR) is 122 cm³/mol. The summed E-state index contributed by atoms with van der Waals surface area (Å²) in [7, 11) is 3.17. The summed E-state index contributed by atoms with van der Waals surface area (Å²) in [5.41, 5.74) is 7.25. The van der Waals surface area contributed by atoms with Gasteiger partial charge in [-0.15, -0.1) is 6.42 Å². The number of fused-ring (bicyclic) bond motifs is 3. The molecule has 0 spiro atoms. The van der Waals surface area contributed by atoms with E-state index in [1.807, 2.05) is 13.8 Å². The van der Waals surface area contributed by atoms with Crippen LogP contribution in [0.25, 0.3) is 5.69 Å². The first-order valence-electron chi connectivity index (χ1n) is 10.6. The average molecular weight is 456 g/mol. The van der Waals surface area contributed by atoms with Crippen LogP contribution in [-0.4, -0.2) is 70.9 Å². The lowest BCUT2D eigenvalue weighted by molar-refractivity contribution is -0.133. The molecule has 33 heavy (non-hydrogen) atoms. The topological polar surface area (TPSA) is 140 Å². The normalized spacial score (nSPS) is 15.8. The number of aliphatic hydroxyl groups excluding tert-OH is 1. The van der Waals surface area contributed by atoms with Crippen molar-refractivity contribution in [3.63, 3.8) is 0 Å². The first-order chi connectivity index (χ1) is 15.8. The minimum absolute atomic E-state index is 0.0710. The van der Waals surface area contributed by atoms with Gasteiger partial charge in [-0.2, -0.15) is 5.10 Å². The van der Waals surface area contributed by atoms with Crippen molar-refractivity contribution in [3.05, 3.63) is 40.7 Å². The molecule has 3 amide bonds. The Kier molecular flexibility index (Phi) is 8.59. The molecule has 1 unspecified atom stereocenters. The Morgan fingerprint density at radius 1 is 1.36 bits per heavy atom. The molecule has 10 nitrogen and oxygen atoms in total.